The van der Waals surface area contributed by atoms with Crippen LogP contribution in [0.1, 0.15) is 33.2 Å². The Hall–Kier alpha value is -2.03. The number of ether oxygens (including phenoxy) is 1. The molecule has 1 aromatic heterocycles. The molecular formula is C18H16N2OS2. The van der Waals surface area contributed by atoms with E-state index < -0.39 is 0 Å². The van der Waals surface area contributed by atoms with Gasteiger partial charge in [-0.2, -0.15) is 17.9 Å². The maximum Gasteiger partial charge on any atom is 0.186 e. The van der Waals surface area contributed by atoms with E-state index in [-0.39, 0.29) is 5.25 Å². The van der Waals surface area contributed by atoms with Crippen molar-refractivity contribution in [1.29, 1.82) is 10.7 Å². The van der Waals surface area contributed by atoms with Crippen molar-refractivity contribution >= 4 is 30.2 Å². The summed E-state index contributed by atoms with van der Waals surface area (Å²) in [5.74, 6) is 0.717. The van der Waals surface area contributed by atoms with E-state index in [1.54, 1.807) is 23.5 Å². The van der Waals surface area contributed by atoms with Gasteiger partial charge in [-0.25, -0.2) is 0 Å². The van der Waals surface area contributed by atoms with Crippen molar-refractivity contribution in [1.82, 2.24) is 0 Å². The zero-order chi connectivity index (χ0) is 16.4. The molecule has 1 atom stereocenters. The van der Waals surface area contributed by atoms with Crippen molar-refractivity contribution in [2.75, 3.05) is 0 Å². The monoisotopic (exact) mass is 340 g/mol. The number of allylic oxidation sites excluding steroid dienone is 1. The van der Waals surface area contributed by atoms with Gasteiger partial charge in [0.05, 0.1) is 16.9 Å². The number of benzene rings is 1. The Labute approximate surface area is 145 Å². The van der Waals surface area contributed by atoms with E-state index in [2.05, 4.69) is 13.0 Å². The molecule has 0 spiro atoms. The lowest BCUT2D eigenvalue weighted by molar-refractivity contribution is 0.491. The molecule has 23 heavy (non-hydrogen) atoms. The maximum absolute atomic E-state index is 8.87. The molecule has 0 fully saturated rings. The highest BCUT2D eigenvalue weighted by Gasteiger charge is 2.24. The molecule has 0 aliphatic heterocycles. The van der Waals surface area contributed by atoms with Crippen molar-refractivity contribution in [3.05, 3.63) is 57.5 Å². The summed E-state index contributed by atoms with van der Waals surface area (Å²) in [4.78, 5) is 1.24. The van der Waals surface area contributed by atoms with E-state index in [9.17, 15) is 0 Å². The number of fused-ring (bicyclic) bond motifs is 1. The molecule has 1 aliphatic rings. The number of thiophene rings is 1. The second kappa shape index (κ2) is 6.61. The average molecular weight is 340 g/mol. The van der Waals surface area contributed by atoms with Crippen LogP contribution in [0.25, 0.3) is 0 Å². The van der Waals surface area contributed by atoms with Crippen LogP contribution in [0.4, 0.5) is 0 Å². The summed E-state index contributed by atoms with van der Waals surface area (Å²) < 4.78 is 6.07. The summed E-state index contributed by atoms with van der Waals surface area (Å²) in [6.45, 7) is 2.10. The van der Waals surface area contributed by atoms with Crippen LogP contribution in [-0.4, -0.2) is 6.21 Å². The number of nitrogens with one attached hydrogen (secondary N) is 1. The van der Waals surface area contributed by atoms with Gasteiger partial charge in [-0.1, -0.05) is 6.08 Å². The third kappa shape index (κ3) is 3.19. The first-order chi connectivity index (χ1) is 11.1. The molecule has 116 valence electrons. The molecule has 0 radical (unpaired) electrons. The summed E-state index contributed by atoms with van der Waals surface area (Å²) in [6.07, 6.45) is 5.21. The van der Waals surface area contributed by atoms with Gasteiger partial charge in [-0.3, -0.25) is 0 Å². The Balaban J connectivity index is 1.96. The minimum Gasteiger partial charge on any atom is -0.446 e. The van der Waals surface area contributed by atoms with Crippen LogP contribution in [0.5, 0.6) is 10.8 Å². The Morgan fingerprint density at radius 3 is 2.74 bits per heavy atom. The lowest BCUT2D eigenvalue weighted by Crippen LogP contribution is -1.93. The molecule has 1 heterocycles. The minimum atomic E-state index is -0.0672. The number of nitriles is 1. The van der Waals surface area contributed by atoms with Gasteiger partial charge >= 0.3 is 0 Å². The van der Waals surface area contributed by atoms with E-state index in [1.807, 2.05) is 18.2 Å². The van der Waals surface area contributed by atoms with Crippen molar-refractivity contribution < 1.29 is 4.74 Å². The van der Waals surface area contributed by atoms with Gasteiger partial charge in [-0.05, 0) is 55.2 Å². The topological polar surface area (TPSA) is 56.9 Å². The highest BCUT2D eigenvalue weighted by Crippen LogP contribution is 2.46. The van der Waals surface area contributed by atoms with E-state index >= 15 is 0 Å². The Kier molecular flexibility index (Phi) is 4.56. The highest BCUT2D eigenvalue weighted by atomic mass is 32.1. The van der Waals surface area contributed by atoms with Gasteiger partial charge in [0.1, 0.15) is 5.75 Å². The Morgan fingerprint density at radius 1 is 1.35 bits per heavy atom. The van der Waals surface area contributed by atoms with E-state index in [4.69, 9.17) is 28.0 Å². The number of hydrogen-bond acceptors (Lipinski definition) is 5. The van der Waals surface area contributed by atoms with Gasteiger partial charge in [-0.15, -0.1) is 11.3 Å². The molecule has 3 nitrogen and oxygen atoms in total. The quantitative estimate of drug-likeness (QED) is 0.595. The number of aryl methyl sites for hydroxylation is 1. The van der Waals surface area contributed by atoms with Crippen molar-refractivity contribution in [2.24, 2.45) is 0 Å². The lowest BCUT2D eigenvalue weighted by atomic mass is 10.1. The maximum atomic E-state index is 8.87. The molecule has 1 unspecified atom stereocenters. The SMILES string of the molecule is Cc1sc(Oc2ccc(C#N)cc2)c2c1CCC(C=N)=CC2S. The fraction of sp³-hybridized carbons (Fsp3) is 0.222. The van der Waals surface area contributed by atoms with Crippen molar-refractivity contribution in [2.45, 2.75) is 25.0 Å². The third-order valence-electron chi connectivity index (χ3n) is 3.93. The summed E-state index contributed by atoms with van der Waals surface area (Å²) >= 11 is 6.34. The van der Waals surface area contributed by atoms with Crippen LogP contribution in [0, 0.1) is 23.7 Å². The van der Waals surface area contributed by atoms with Crippen LogP contribution in [0.2, 0.25) is 0 Å². The molecule has 0 bridgehead atoms. The Morgan fingerprint density at radius 2 is 2.09 bits per heavy atom. The third-order valence-corrected chi connectivity index (χ3v) is 5.38. The van der Waals surface area contributed by atoms with Crippen molar-refractivity contribution in [3.63, 3.8) is 0 Å². The van der Waals surface area contributed by atoms with Crippen LogP contribution in [0.3, 0.4) is 0 Å². The van der Waals surface area contributed by atoms with E-state index in [0.717, 1.165) is 29.0 Å². The lowest BCUT2D eigenvalue weighted by Gasteiger charge is -2.10. The van der Waals surface area contributed by atoms with Crippen molar-refractivity contribution in [3.8, 4) is 16.9 Å². The first kappa shape index (κ1) is 15.9. The van der Waals surface area contributed by atoms with Gasteiger partial charge in [0, 0.05) is 16.7 Å². The molecule has 3 rings (SSSR count). The summed E-state index contributed by atoms with van der Waals surface area (Å²) in [7, 11) is 0. The van der Waals surface area contributed by atoms with Crippen LogP contribution >= 0.6 is 24.0 Å². The fourth-order valence-corrected chi connectivity index (χ4v) is 4.38. The second-order valence-electron chi connectivity index (χ2n) is 5.41. The predicted molar refractivity (Wildman–Crippen MR) is 97.2 cm³/mol. The number of thiol groups is 1. The highest BCUT2D eigenvalue weighted by molar-refractivity contribution is 7.80. The number of hydrogen-bond donors (Lipinski definition) is 2. The zero-order valence-corrected chi connectivity index (χ0v) is 14.4. The minimum absolute atomic E-state index is 0.0672. The summed E-state index contributed by atoms with van der Waals surface area (Å²) in [6, 6.07) is 9.22. The predicted octanol–water partition coefficient (Wildman–Crippen LogP) is 5.21. The number of nitrogens with zero attached hydrogens (tertiary/aromatic N) is 1. The average Bonchev–Trinajstić information content (AvgIpc) is 2.76. The molecule has 1 aromatic carbocycles. The molecule has 1 aliphatic carbocycles. The molecule has 0 saturated heterocycles. The molecule has 0 amide bonds. The van der Waals surface area contributed by atoms with Gasteiger partial charge in [0.15, 0.2) is 5.06 Å². The van der Waals surface area contributed by atoms with Gasteiger partial charge in [0.25, 0.3) is 0 Å². The normalized spacial score (nSPS) is 16.7. The summed E-state index contributed by atoms with van der Waals surface area (Å²) in [5.41, 5.74) is 4.02. The van der Waals surface area contributed by atoms with Crippen LogP contribution < -0.4 is 4.74 Å². The standard InChI is InChI=1S/C18H16N2OS2/c1-11-15-7-4-13(10-20)8-16(22)17(15)18(23-11)21-14-5-2-12(9-19)3-6-14/h2-3,5-6,8,10,16,20,22H,4,7H2,1H3. The van der Waals surface area contributed by atoms with Crippen LogP contribution in [0.15, 0.2) is 35.9 Å². The molecule has 2 aromatic rings. The summed E-state index contributed by atoms with van der Waals surface area (Å²) in [5, 5.41) is 17.1. The largest absolute Gasteiger partial charge is 0.446 e. The Bertz CT molecular complexity index is 813. The first-order valence-corrected chi connectivity index (χ1v) is 8.65. The second-order valence-corrected chi connectivity index (χ2v) is 7.15. The molecule has 5 heteroatoms. The molecular weight excluding hydrogens is 324 g/mol. The van der Waals surface area contributed by atoms with E-state index in [1.165, 1.54) is 16.7 Å². The van der Waals surface area contributed by atoms with E-state index in [0.29, 0.717) is 11.3 Å². The molecule has 0 saturated carbocycles. The fourth-order valence-electron chi connectivity index (χ4n) is 2.72. The smallest absolute Gasteiger partial charge is 0.186 e. The first-order valence-electron chi connectivity index (χ1n) is 7.31. The number of rotatable bonds is 3. The molecule has 1 N–H and O–H groups in total. The van der Waals surface area contributed by atoms with Gasteiger partial charge < -0.3 is 10.1 Å². The zero-order valence-electron chi connectivity index (χ0n) is 12.7. The van der Waals surface area contributed by atoms with Gasteiger partial charge in [0.2, 0.25) is 0 Å². The van der Waals surface area contributed by atoms with Crippen LogP contribution in [-0.2, 0) is 6.42 Å².